The molecule has 19 heavy (non-hydrogen) atoms. The maximum Gasteiger partial charge on any atom is 0.305 e. The van der Waals surface area contributed by atoms with Crippen LogP contribution in [0.5, 0.6) is 0 Å². The maximum atomic E-state index is 13.9. The molecule has 98 valence electrons. The van der Waals surface area contributed by atoms with Crippen LogP contribution in [0.25, 0.3) is 11.4 Å². The minimum absolute atomic E-state index is 0.181. The van der Waals surface area contributed by atoms with Gasteiger partial charge in [0.15, 0.2) is 5.82 Å². The van der Waals surface area contributed by atoms with Crippen molar-refractivity contribution in [3.8, 4) is 11.4 Å². The van der Waals surface area contributed by atoms with Crippen molar-refractivity contribution in [2.75, 3.05) is 0 Å². The second-order valence-corrected chi connectivity index (χ2v) is 3.63. The molecule has 0 aliphatic heterocycles. The highest BCUT2D eigenvalue weighted by atomic mass is 19.1. The van der Waals surface area contributed by atoms with E-state index in [9.17, 15) is 18.9 Å². The van der Waals surface area contributed by atoms with Crippen molar-refractivity contribution in [2.45, 2.75) is 6.54 Å². The summed E-state index contributed by atoms with van der Waals surface area (Å²) in [5, 5.41) is 10.6. The van der Waals surface area contributed by atoms with Gasteiger partial charge in [-0.25, -0.2) is 14.4 Å². The molecular formula is C11H8F2N4O2. The van der Waals surface area contributed by atoms with Crippen LogP contribution in [-0.4, -0.2) is 14.9 Å². The van der Waals surface area contributed by atoms with E-state index in [0.717, 1.165) is 12.1 Å². The summed E-state index contributed by atoms with van der Waals surface area (Å²) in [6.07, 6.45) is 2.61. The van der Waals surface area contributed by atoms with Crippen LogP contribution in [0.1, 0.15) is 5.56 Å². The van der Waals surface area contributed by atoms with Gasteiger partial charge < -0.3 is 5.73 Å². The zero-order valence-corrected chi connectivity index (χ0v) is 9.51. The molecule has 0 unspecified atom stereocenters. The van der Waals surface area contributed by atoms with Gasteiger partial charge in [-0.15, -0.1) is 0 Å². The quantitative estimate of drug-likeness (QED) is 0.675. The Labute approximate surface area is 106 Å². The van der Waals surface area contributed by atoms with Gasteiger partial charge in [0, 0.05) is 30.6 Å². The molecule has 0 spiro atoms. The van der Waals surface area contributed by atoms with Gasteiger partial charge in [0.2, 0.25) is 5.82 Å². The third kappa shape index (κ3) is 2.38. The number of nitrogens with zero attached hydrogens (tertiary/aromatic N) is 3. The molecule has 0 fully saturated rings. The molecule has 6 nitrogen and oxygen atoms in total. The van der Waals surface area contributed by atoms with E-state index in [1.165, 1.54) is 12.4 Å². The highest BCUT2D eigenvalue weighted by molar-refractivity contribution is 5.61. The van der Waals surface area contributed by atoms with Crippen molar-refractivity contribution in [3.63, 3.8) is 0 Å². The molecule has 1 aromatic heterocycles. The van der Waals surface area contributed by atoms with E-state index in [0.29, 0.717) is 5.56 Å². The molecule has 0 saturated heterocycles. The Morgan fingerprint density at radius 2 is 1.89 bits per heavy atom. The van der Waals surface area contributed by atoms with E-state index in [-0.39, 0.29) is 12.4 Å². The third-order valence-corrected chi connectivity index (χ3v) is 2.43. The van der Waals surface area contributed by atoms with Crippen LogP contribution < -0.4 is 5.73 Å². The molecule has 2 N–H and O–H groups in total. The lowest BCUT2D eigenvalue weighted by molar-refractivity contribution is -0.387. The number of hydrogen-bond donors (Lipinski definition) is 1. The number of nitrogens with two attached hydrogens (primary N) is 1. The zero-order valence-electron chi connectivity index (χ0n) is 9.51. The summed E-state index contributed by atoms with van der Waals surface area (Å²) in [5.41, 5.74) is 4.47. The Balaban J connectivity index is 2.60. The molecule has 8 heteroatoms. The second kappa shape index (κ2) is 5.02. The van der Waals surface area contributed by atoms with Gasteiger partial charge in [0.05, 0.1) is 10.5 Å². The fourth-order valence-corrected chi connectivity index (χ4v) is 1.48. The lowest BCUT2D eigenvalue weighted by atomic mass is 10.1. The van der Waals surface area contributed by atoms with E-state index >= 15 is 0 Å². The number of halogens is 2. The average molecular weight is 266 g/mol. The summed E-state index contributed by atoms with van der Waals surface area (Å²) in [6.45, 7) is 0.181. The molecular weight excluding hydrogens is 258 g/mol. The first-order valence-corrected chi connectivity index (χ1v) is 5.18. The lowest BCUT2D eigenvalue weighted by Gasteiger charge is -2.04. The van der Waals surface area contributed by atoms with E-state index in [2.05, 4.69) is 9.97 Å². The van der Waals surface area contributed by atoms with E-state index in [1.807, 2.05) is 0 Å². The summed E-state index contributed by atoms with van der Waals surface area (Å²) in [7, 11) is 0. The molecule has 0 amide bonds. The number of hydrogen-bond acceptors (Lipinski definition) is 5. The summed E-state index contributed by atoms with van der Waals surface area (Å²) in [5.74, 6) is -2.54. The van der Waals surface area contributed by atoms with Crippen molar-refractivity contribution in [3.05, 3.63) is 51.8 Å². The van der Waals surface area contributed by atoms with Crippen LogP contribution in [0.3, 0.4) is 0 Å². The first kappa shape index (κ1) is 13.0. The Hall–Kier alpha value is -2.48. The number of nitro benzene ring substituents is 1. The van der Waals surface area contributed by atoms with Crippen molar-refractivity contribution >= 4 is 5.69 Å². The highest BCUT2D eigenvalue weighted by Crippen LogP contribution is 2.29. The molecule has 0 bridgehead atoms. The fourth-order valence-electron chi connectivity index (χ4n) is 1.48. The van der Waals surface area contributed by atoms with Crippen molar-refractivity contribution in [2.24, 2.45) is 5.73 Å². The van der Waals surface area contributed by atoms with Gasteiger partial charge in [-0.1, -0.05) is 0 Å². The van der Waals surface area contributed by atoms with Crippen LogP contribution in [-0.2, 0) is 6.54 Å². The van der Waals surface area contributed by atoms with Gasteiger partial charge in [0.25, 0.3) is 0 Å². The zero-order chi connectivity index (χ0) is 14.0. The maximum absolute atomic E-state index is 13.9. The predicted octanol–water partition coefficient (Wildman–Crippen LogP) is 1.79. The first-order chi connectivity index (χ1) is 9.04. The Morgan fingerprint density at radius 1 is 1.26 bits per heavy atom. The molecule has 0 atom stereocenters. The van der Waals surface area contributed by atoms with Gasteiger partial charge in [-0.05, 0) is 6.07 Å². The summed E-state index contributed by atoms with van der Waals surface area (Å²) < 4.78 is 27.5. The number of rotatable bonds is 3. The van der Waals surface area contributed by atoms with Crippen LogP contribution in [0, 0.1) is 21.7 Å². The number of nitro groups is 1. The van der Waals surface area contributed by atoms with Gasteiger partial charge in [-0.2, -0.15) is 4.39 Å². The van der Waals surface area contributed by atoms with Crippen LogP contribution in [0.2, 0.25) is 0 Å². The SMILES string of the molecule is NCc1cnc(-c2c(F)ccc([N+](=O)[O-])c2F)nc1. The number of benzene rings is 1. The number of aromatic nitrogens is 2. The molecule has 2 rings (SSSR count). The van der Waals surface area contributed by atoms with Gasteiger partial charge in [0.1, 0.15) is 5.82 Å². The third-order valence-electron chi connectivity index (χ3n) is 2.43. The minimum Gasteiger partial charge on any atom is -0.326 e. The van der Waals surface area contributed by atoms with E-state index in [4.69, 9.17) is 5.73 Å². The van der Waals surface area contributed by atoms with E-state index in [1.54, 1.807) is 0 Å². The highest BCUT2D eigenvalue weighted by Gasteiger charge is 2.24. The molecule has 1 heterocycles. The van der Waals surface area contributed by atoms with Gasteiger partial charge >= 0.3 is 5.69 Å². The fraction of sp³-hybridized carbons (Fsp3) is 0.0909. The van der Waals surface area contributed by atoms with Crippen molar-refractivity contribution < 1.29 is 13.7 Å². The summed E-state index contributed by atoms with van der Waals surface area (Å²) in [6, 6.07) is 1.55. The normalized spacial score (nSPS) is 10.5. The smallest absolute Gasteiger partial charge is 0.305 e. The Kier molecular flexibility index (Phi) is 3.43. The summed E-state index contributed by atoms with van der Waals surface area (Å²) >= 11 is 0. The Morgan fingerprint density at radius 3 is 2.42 bits per heavy atom. The topological polar surface area (TPSA) is 94.9 Å². The molecule has 1 aromatic carbocycles. The first-order valence-electron chi connectivity index (χ1n) is 5.18. The molecule has 0 radical (unpaired) electrons. The second-order valence-electron chi connectivity index (χ2n) is 3.63. The van der Waals surface area contributed by atoms with Crippen molar-refractivity contribution in [1.29, 1.82) is 0 Å². The Bertz CT molecular complexity index is 631. The molecule has 0 aliphatic rings. The average Bonchev–Trinajstić information content (AvgIpc) is 2.39. The monoisotopic (exact) mass is 266 g/mol. The lowest BCUT2D eigenvalue weighted by Crippen LogP contribution is -2.02. The molecule has 2 aromatic rings. The largest absolute Gasteiger partial charge is 0.326 e. The van der Waals surface area contributed by atoms with Crippen LogP contribution in [0.4, 0.5) is 14.5 Å². The standard InChI is InChI=1S/C11H8F2N4O2/c12-7-1-2-8(17(18)19)10(13)9(7)11-15-4-6(3-14)5-16-11/h1-2,4-5H,3,14H2. The van der Waals surface area contributed by atoms with Crippen LogP contribution >= 0.6 is 0 Å². The van der Waals surface area contributed by atoms with E-state index < -0.39 is 27.8 Å². The van der Waals surface area contributed by atoms with Crippen LogP contribution in [0.15, 0.2) is 24.5 Å². The van der Waals surface area contributed by atoms with Crippen molar-refractivity contribution in [1.82, 2.24) is 9.97 Å². The minimum atomic E-state index is -1.30. The van der Waals surface area contributed by atoms with Gasteiger partial charge in [-0.3, -0.25) is 10.1 Å². The predicted molar refractivity (Wildman–Crippen MR) is 61.9 cm³/mol. The summed E-state index contributed by atoms with van der Waals surface area (Å²) in [4.78, 5) is 17.2. The molecule has 0 saturated carbocycles. The molecule has 0 aliphatic carbocycles.